The minimum absolute atomic E-state index is 0.162. The van der Waals surface area contributed by atoms with Crippen LogP contribution in [0.25, 0.3) is 5.65 Å². The number of hydrogen-bond donors (Lipinski definition) is 3. The number of nitrogens with zero attached hydrogens (tertiary/aromatic N) is 4. The molecular weight excluding hydrogens is 236 g/mol. The van der Waals surface area contributed by atoms with Gasteiger partial charge in [0.1, 0.15) is 5.70 Å². The molecule has 0 spiro atoms. The summed E-state index contributed by atoms with van der Waals surface area (Å²) in [5, 5.41) is 13.9. The third-order valence-corrected chi connectivity index (χ3v) is 2.16. The smallest absolute Gasteiger partial charge is 0.353 e. The molecule has 0 amide bonds. The van der Waals surface area contributed by atoms with Crippen LogP contribution in [0.1, 0.15) is 5.82 Å². The van der Waals surface area contributed by atoms with E-state index in [-0.39, 0.29) is 12.2 Å². The van der Waals surface area contributed by atoms with Gasteiger partial charge in [0, 0.05) is 12.4 Å². The molecule has 0 aliphatic heterocycles. The van der Waals surface area contributed by atoms with Crippen molar-refractivity contribution in [1.82, 2.24) is 19.6 Å². The number of fused-ring (bicyclic) bond motifs is 1. The molecule has 2 heterocycles. The number of aliphatic carboxylic acids is 1. The normalized spacial score (nSPS) is 11.7. The van der Waals surface area contributed by atoms with E-state index in [1.54, 1.807) is 16.8 Å². The van der Waals surface area contributed by atoms with Crippen LogP contribution in [0, 0.1) is 0 Å². The molecule has 8 heteroatoms. The van der Waals surface area contributed by atoms with Crippen molar-refractivity contribution in [3.05, 3.63) is 42.1 Å². The molecular formula is C10H12N6O2. The molecule has 0 fully saturated rings. The molecule has 8 nitrogen and oxygen atoms in total. The lowest BCUT2D eigenvalue weighted by Gasteiger charge is -2.10. The van der Waals surface area contributed by atoms with Crippen LogP contribution in [0.5, 0.6) is 0 Å². The standard InChI is InChI=1S/C10H12N6O2/c11-7(10(17)18)5-15(12)6-8-13-9-3-1-2-4-16(9)14-8/h1-5H,6,11-12H2,(H,17,18)/b7-5-. The van der Waals surface area contributed by atoms with Crippen molar-refractivity contribution in [1.29, 1.82) is 0 Å². The van der Waals surface area contributed by atoms with Crippen molar-refractivity contribution < 1.29 is 9.90 Å². The van der Waals surface area contributed by atoms with E-state index in [0.717, 1.165) is 11.2 Å². The van der Waals surface area contributed by atoms with Gasteiger partial charge in [-0.3, -0.25) is 0 Å². The predicted octanol–water partition coefficient (Wildman–Crippen LogP) is -0.710. The second-order valence-electron chi connectivity index (χ2n) is 3.59. The zero-order valence-electron chi connectivity index (χ0n) is 9.39. The second kappa shape index (κ2) is 4.72. The number of carbonyl (C=O) groups is 1. The SMILES string of the molecule is N/C(=C\N(N)Cc1nc2ccccn2n1)C(=O)O. The Balaban J connectivity index is 2.14. The Bertz CT molecular complexity index is 572. The fourth-order valence-electron chi connectivity index (χ4n) is 1.39. The average Bonchev–Trinajstić information content (AvgIpc) is 2.70. The quantitative estimate of drug-likeness (QED) is 0.371. The van der Waals surface area contributed by atoms with Crippen LogP contribution in [0.15, 0.2) is 36.3 Å². The zero-order chi connectivity index (χ0) is 13.1. The van der Waals surface area contributed by atoms with E-state index in [2.05, 4.69) is 10.1 Å². The minimum Gasteiger partial charge on any atom is -0.477 e. The highest BCUT2D eigenvalue weighted by atomic mass is 16.4. The molecule has 0 saturated heterocycles. The van der Waals surface area contributed by atoms with E-state index in [9.17, 15) is 4.79 Å². The Morgan fingerprint density at radius 1 is 1.56 bits per heavy atom. The molecule has 0 atom stereocenters. The van der Waals surface area contributed by atoms with Crippen molar-refractivity contribution in [2.75, 3.05) is 0 Å². The largest absolute Gasteiger partial charge is 0.477 e. The lowest BCUT2D eigenvalue weighted by Crippen LogP contribution is -2.28. The van der Waals surface area contributed by atoms with E-state index in [1.165, 1.54) is 0 Å². The number of carboxylic acids is 1. The second-order valence-corrected chi connectivity index (χ2v) is 3.59. The Kier molecular flexibility index (Phi) is 3.11. The highest BCUT2D eigenvalue weighted by Gasteiger charge is 2.07. The van der Waals surface area contributed by atoms with Gasteiger partial charge in [-0.05, 0) is 12.1 Å². The van der Waals surface area contributed by atoms with Gasteiger partial charge >= 0.3 is 5.97 Å². The number of pyridine rings is 1. The van der Waals surface area contributed by atoms with Gasteiger partial charge in [-0.2, -0.15) is 0 Å². The van der Waals surface area contributed by atoms with Crippen molar-refractivity contribution in [3.8, 4) is 0 Å². The van der Waals surface area contributed by atoms with Crippen LogP contribution in [0.4, 0.5) is 0 Å². The summed E-state index contributed by atoms with van der Waals surface area (Å²) in [5.41, 5.74) is 5.58. The molecule has 0 unspecified atom stereocenters. The van der Waals surface area contributed by atoms with Crippen LogP contribution >= 0.6 is 0 Å². The van der Waals surface area contributed by atoms with Crippen LogP contribution in [-0.2, 0) is 11.3 Å². The summed E-state index contributed by atoms with van der Waals surface area (Å²) in [5.74, 6) is 4.83. The lowest BCUT2D eigenvalue weighted by atomic mass is 10.5. The molecule has 0 saturated carbocycles. The Hall–Kier alpha value is -2.61. The fraction of sp³-hybridized carbons (Fsp3) is 0.100. The van der Waals surface area contributed by atoms with Crippen LogP contribution in [-0.4, -0.2) is 30.7 Å². The summed E-state index contributed by atoms with van der Waals surface area (Å²) in [6.07, 6.45) is 2.88. The number of hydrazine groups is 1. The molecule has 2 aromatic heterocycles. The van der Waals surface area contributed by atoms with E-state index in [4.69, 9.17) is 16.7 Å². The van der Waals surface area contributed by atoms with Crippen molar-refractivity contribution >= 4 is 11.6 Å². The van der Waals surface area contributed by atoms with E-state index < -0.39 is 5.97 Å². The summed E-state index contributed by atoms with van der Waals surface area (Å²) >= 11 is 0. The van der Waals surface area contributed by atoms with Crippen LogP contribution in [0.2, 0.25) is 0 Å². The number of rotatable bonds is 4. The lowest BCUT2D eigenvalue weighted by molar-refractivity contribution is -0.132. The first kappa shape index (κ1) is 11.9. The molecule has 0 radical (unpaired) electrons. The fourth-order valence-corrected chi connectivity index (χ4v) is 1.39. The third kappa shape index (κ3) is 2.55. The number of carboxylic acid groups (broad SMARTS) is 1. The Labute approximate surface area is 102 Å². The molecule has 0 aliphatic rings. The van der Waals surface area contributed by atoms with Crippen molar-refractivity contribution in [2.45, 2.75) is 6.54 Å². The summed E-state index contributed by atoms with van der Waals surface area (Å²) in [6, 6.07) is 5.48. The average molecular weight is 248 g/mol. The van der Waals surface area contributed by atoms with Crippen molar-refractivity contribution in [2.24, 2.45) is 11.6 Å². The van der Waals surface area contributed by atoms with Gasteiger partial charge in [0.25, 0.3) is 0 Å². The van der Waals surface area contributed by atoms with Gasteiger partial charge in [-0.1, -0.05) is 6.07 Å². The first-order valence-corrected chi connectivity index (χ1v) is 5.08. The van der Waals surface area contributed by atoms with Gasteiger partial charge in [0.2, 0.25) is 0 Å². The maximum absolute atomic E-state index is 10.5. The number of aromatic nitrogens is 3. The molecule has 94 valence electrons. The Morgan fingerprint density at radius 3 is 3.00 bits per heavy atom. The highest BCUT2D eigenvalue weighted by Crippen LogP contribution is 2.02. The minimum atomic E-state index is -1.23. The maximum atomic E-state index is 10.5. The van der Waals surface area contributed by atoms with Crippen LogP contribution < -0.4 is 11.6 Å². The summed E-state index contributed by atoms with van der Waals surface area (Å²) in [6.45, 7) is 0.162. The first-order chi connectivity index (χ1) is 8.56. The predicted molar refractivity (Wildman–Crippen MR) is 62.6 cm³/mol. The van der Waals surface area contributed by atoms with E-state index in [0.29, 0.717) is 11.5 Å². The highest BCUT2D eigenvalue weighted by molar-refractivity contribution is 5.85. The Morgan fingerprint density at radius 2 is 2.33 bits per heavy atom. The van der Waals surface area contributed by atoms with Crippen molar-refractivity contribution in [3.63, 3.8) is 0 Å². The molecule has 0 bridgehead atoms. The number of hydrogen-bond acceptors (Lipinski definition) is 6. The molecule has 0 aromatic carbocycles. The van der Waals surface area contributed by atoms with Gasteiger partial charge in [0.05, 0.1) is 6.54 Å². The van der Waals surface area contributed by atoms with Gasteiger partial charge in [0.15, 0.2) is 11.5 Å². The molecule has 18 heavy (non-hydrogen) atoms. The summed E-state index contributed by atoms with van der Waals surface area (Å²) in [4.78, 5) is 14.7. The topological polar surface area (TPSA) is 123 Å². The van der Waals surface area contributed by atoms with Gasteiger partial charge < -0.3 is 15.8 Å². The molecule has 5 N–H and O–H groups in total. The van der Waals surface area contributed by atoms with Crippen LogP contribution in [0.3, 0.4) is 0 Å². The molecule has 2 rings (SSSR count). The third-order valence-electron chi connectivity index (χ3n) is 2.16. The van der Waals surface area contributed by atoms with Gasteiger partial charge in [-0.25, -0.2) is 20.1 Å². The molecule has 2 aromatic rings. The number of nitrogens with two attached hydrogens (primary N) is 2. The van der Waals surface area contributed by atoms with E-state index in [1.807, 2.05) is 12.1 Å². The summed E-state index contributed by atoms with van der Waals surface area (Å²) in [7, 11) is 0. The zero-order valence-corrected chi connectivity index (χ0v) is 9.39. The maximum Gasteiger partial charge on any atom is 0.353 e. The van der Waals surface area contributed by atoms with E-state index >= 15 is 0 Å². The van der Waals surface area contributed by atoms with Gasteiger partial charge in [-0.15, -0.1) is 5.10 Å². The first-order valence-electron chi connectivity index (χ1n) is 5.08. The summed E-state index contributed by atoms with van der Waals surface area (Å²) < 4.78 is 1.60. The molecule has 0 aliphatic carbocycles. The monoisotopic (exact) mass is 248 g/mol.